The van der Waals surface area contributed by atoms with Crippen LogP contribution in [0, 0.1) is 0 Å². The molecule has 19 heavy (non-hydrogen) atoms. The molecule has 0 spiro atoms. The summed E-state index contributed by atoms with van der Waals surface area (Å²) < 4.78 is 0. The molecular weight excluding hydrogens is 306 g/mol. The van der Waals surface area contributed by atoms with Gasteiger partial charge in [-0.25, -0.2) is 0 Å². The van der Waals surface area contributed by atoms with Crippen LogP contribution in [0.5, 0.6) is 0 Å². The molecule has 0 radical (unpaired) electrons. The van der Waals surface area contributed by atoms with E-state index in [4.69, 9.17) is 0 Å². The Morgan fingerprint density at radius 3 is 1.74 bits per heavy atom. The molecule has 0 amide bonds. The number of halogens is 2. The Morgan fingerprint density at radius 1 is 0.684 bits per heavy atom. The van der Waals surface area contributed by atoms with Gasteiger partial charge < -0.3 is 34.9 Å². The van der Waals surface area contributed by atoms with Crippen LogP contribution in [0.15, 0.2) is 54.6 Å². The normalized spacial score (nSPS) is 7.89. The van der Waals surface area contributed by atoms with Crippen LogP contribution in [-0.2, 0) is 0 Å². The molecule has 0 saturated heterocycles. The smallest absolute Gasteiger partial charge is 1.00 e. The minimum atomic E-state index is -1.91. The summed E-state index contributed by atoms with van der Waals surface area (Å²) in [6.07, 6.45) is 0. The molecule has 0 N–H and O–H groups in total. The van der Waals surface area contributed by atoms with Crippen molar-refractivity contribution >= 4 is 58.7 Å². The van der Waals surface area contributed by atoms with Crippen LogP contribution in [0.3, 0.4) is 0 Å². The quantitative estimate of drug-likeness (QED) is 0.517. The van der Waals surface area contributed by atoms with Crippen molar-refractivity contribution in [1.29, 1.82) is 0 Å². The molecule has 2 nitrogen and oxygen atoms in total. The Hall–Kier alpha value is 0.537. The summed E-state index contributed by atoms with van der Waals surface area (Å²) >= 11 is 0. The first kappa shape index (κ1) is 24.5. The van der Waals surface area contributed by atoms with E-state index in [9.17, 15) is 10.0 Å². The predicted octanol–water partition coefficient (Wildman–Crippen LogP) is -6.98. The SMILES string of the molecule is [Cl-].[Cl-].[Mg+2].[Mg+2].[O-]B([O-])c1cccc(-c2ccccc2)c1. The monoisotopic (exact) mass is 314 g/mol. The van der Waals surface area contributed by atoms with E-state index < -0.39 is 7.12 Å². The van der Waals surface area contributed by atoms with Crippen LogP contribution in [-0.4, -0.2) is 53.2 Å². The summed E-state index contributed by atoms with van der Waals surface area (Å²) in [6.45, 7) is 0. The average molecular weight is 316 g/mol. The van der Waals surface area contributed by atoms with E-state index in [0.29, 0.717) is 0 Å². The Labute approximate surface area is 158 Å². The van der Waals surface area contributed by atoms with Gasteiger partial charge in [-0.2, -0.15) is 0 Å². The molecule has 2 aromatic carbocycles. The van der Waals surface area contributed by atoms with Gasteiger partial charge in [-0.15, -0.1) is 5.46 Å². The van der Waals surface area contributed by atoms with Crippen LogP contribution in [0.1, 0.15) is 0 Å². The fourth-order valence-corrected chi connectivity index (χ4v) is 1.50. The third-order valence-corrected chi connectivity index (χ3v) is 2.27. The number of hydrogen-bond donors (Lipinski definition) is 0. The molecule has 0 saturated carbocycles. The Bertz CT molecular complexity index is 458. The van der Waals surface area contributed by atoms with Crippen LogP contribution in [0.4, 0.5) is 0 Å². The van der Waals surface area contributed by atoms with E-state index in [1.165, 1.54) is 0 Å². The minimum Gasteiger partial charge on any atom is -1.00 e. The average Bonchev–Trinajstić information content (AvgIpc) is 2.30. The molecule has 2 rings (SSSR count). The molecule has 0 unspecified atom stereocenters. The first-order valence-corrected chi connectivity index (χ1v) is 4.74. The van der Waals surface area contributed by atoms with E-state index in [1.807, 2.05) is 36.4 Å². The van der Waals surface area contributed by atoms with Crippen LogP contribution in [0.25, 0.3) is 11.1 Å². The summed E-state index contributed by atoms with van der Waals surface area (Å²) in [6, 6.07) is 16.5. The maximum Gasteiger partial charge on any atom is 2.00 e. The van der Waals surface area contributed by atoms with E-state index in [-0.39, 0.29) is 76.4 Å². The Balaban J connectivity index is -0.000000640. The molecule has 90 valence electrons. The number of rotatable bonds is 2. The summed E-state index contributed by atoms with van der Waals surface area (Å²) in [5.41, 5.74) is 2.21. The number of benzene rings is 2. The molecule has 0 atom stereocenters. The van der Waals surface area contributed by atoms with Crippen LogP contribution >= 0.6 is 0 Å². The van der Waals surface area contributed by atoms with Crippen molar-refractivity contribution in [2.75, 3.05) is 0 Å². The topological polar surface area (TPSA) is 46.1 Å². The first-order valence-electron chi connectivity index (χ1n) is 4.74. The summed E-state index contributed by atoms with van der Waals surface area (Å²) in [7, 11) is -1.91. The van der Waals surface area contributed by atoms with Crippen molar-refractivity contribution in [2.24, 2.45) is 0 Å². The molecule has 0 aliphatic carbocycles. The molecule has 0 fully saturated rings. The van der Waals surface area contributed by atoms with Crippen molar-refractivity contribution in [3.05, 3.63) is 54.6 Å². The van der Waals surface area contributed by atoms with Crippen molar-refractivity contribution < 1.29 is 34.9 Å². The molecule has 7 heteroatoms. The Kier molecular flexibility index (Phi) is 15.9. The van der Waals surface area contributed by atoms with Gasteiger partial charge in [0.2, 0.25) is 0 Å². The van der Waals surface area contributed by atoms with E-state index >= 15 is 0 Å². The van der Waals surface area contributed by atoms with Gasteiger partial charge in [0.15, 0.2) is 0 Å². The van der Waals surface area contributed by atoms with Gasteiger partial charge in [0, 0.05) is 0 Å². The minimum absolute atomic E-state index is 0. The third kappa shape index (κ3) is 7.20. The fourth-order valence-electron chi connectivity index (χ4n) is 1.50. The second-order valence-corrected chi connectivity index (χ2v) is 3.32. The van der Waals surface area contributed by atoms with E-state index in [2.05, 4.69) is 0 Å². The van der Waals surface area contributed by atoms with Gasteiger partial charge in [-0.05, 0) is 11.1 Å². The molecule has 0 aliphatic rings. The van der Waals surface area contributed by atoms with Crippen molar-refractivity contribution in [2.45, 2.75) is 0 Å². The third-order valence-electron chi connectivity index (χ3n) is 2.27. The van der Waals surface area contributed by atoms with Gasteiger partial charge in [-0.3, -0.25) is 0 Å². The standard InChI is InChI=1S/C12H9BO2.2ClH.2Mg/c14-13(15)12-8-4-7-11(9-12)10-5-2-1-3-6-10;;;;/h1-9H;2*1H;;/q-2;;;2*+2/p-2. The zero-order valence-electron chi connectivity index (χ0n) is 10.3. The predicted molar refractivity (Wildman–Crippen MR) is 68.8 cm³/mol. The van der Waals surface area contributed by atoms with Gasteiger partial charge in [0.1, 0.15) is 0 Å². The second-order valence-electron chi connectivity index (χ2n) is 3.32. The maximum atomic E-state index is 10.8. The molecule has 0 aliphatic heterocycles. The van der Waals surface area contributed by atoms with Gasteiger partial charge in [0.25, 0.3) is 0 Å². The van der Waals surface area contributed by atoms with Gasteiger partial charge in [0.05, 0.1) is 0 Å². The first-order chi connectivity index (χ1) is 7.27. The van der Waals surface area contributed by atoms with Crippen molar-refractivity contribution in [3.63, 3.8) is 0 Å². The molecule has 0 aromatic heterocycles. The Morgan fingerprint density at radius 2 is 1.21 bits per heavy atom. The largest absolute Gasteiger partial charge is 2.00 e. The van der Waals surface area contributed by atoms with Crippen molar-refractivity contribution in [1.82, 2.24) is 0 Å². The second kappa shape index (κ2) is 12.3. The molecule has 0 bridgehead atoms. The van der Waals surface area contributed by atoms with E-state index in [0.717, 1.165) is 11.1 Å². The zero-order chi connectivity index (χ0) is 10.7. The maximum absolute atomic E-state index is 10.8. The van der Waals surface area contributed by atoms with Crippen LogP contribution < -0.4 is 40.3 Å². The summed E-state index contributed by atoms with van der Waals surface area (Å²) in [5, 5.41) is 21.5. The molecule has 2 aromatic rings. The van der Waals surface area contributed by atoms with Gasteiger partial charge in [-0.1, -0.05) is 61.7 Å². The molecule has 0 heterocycles. The van der Waals surface area contributed by atoms with E-state index in [1.54, 1.807) is 18.2 Å². The van der Waals surface area contributed by atoms with Crippen molar-refractivity contribution in [3.8, 4) is 11.1 Å². The fraction of sp³-hybridized carbons (Fsp3) is 0. The zero-order valence-corrected chi connectivity index (χ0v) is 14.6. The summed E-state index contributed by atoms with van der Waals surface area (Å²) in [5.74, 6) is 0. The molecular formula is C12H9BCl2Mg2O2. The summed E-state index contributed by atoms with van der Waals surface area (Å²) in [4.78, 5) is 0. The number of hydrogen-bond acceptors (Lipinski definition) is 2. The van der Waals surface area contributed by atoms with Crippen LogP contribution in [0.2, 0.25) is 0 Å². The van der Waals surface area contributed by atoms with Gasteiger partial charge >= 0.3 is 46.1 Å².